The summed E-state index contributed by atoms with van der Waals surface area (Å²) >= 11 is 0. The Morgan fingerprint density at radius 1 is 0.923 bits per heavy atom. The van der Waals surface area contributed by atoms with Crippen LogP contribution in [-0.2, 0) is 11.3 Å². The Hall–Kier alpha value is -2.85. The normalized spacial score (nSPS) is 14.4. The molecule has 3 aromatic rings. The molecule has 26 heavy (non-hydrogen) atoms. The van der Waals surface area contributed by atoms with Gasteiger partial charge >= 0.3 is 0 Å². The third-order valence-corrected chi connectivity index (χ3v) is 4.83. The number of nitrogens with zero attached hydrogens (tertiary/aromatic N) is 1. The summed E-state index contributed by atoms with van der Waals surface area (Å²) in [6.45, 7) is 3.82. The van der Waals surface area contributed by atoms with E-state index < -0.39 is 0 Å². The maximum Gasteiger partial charge on any atom is 0.251 e. The molecule has 3 aromatic carbocycles. The number of amides is 1. The second-order valence-corrected chi connectivity index (χ2v) is 6.47. The third kappa shape index (κ3) is 3.55. The van der Waals surface area contributed by atoms with Gasteiger partial charge < -0.3 is 15.0 Å². The molecule has 0 saturated carbocycles. The quantitative estimate of drug-likeness (QED) is 0.785. The van der Waals surface area contributed by atoms with E-state index in [1.807, 2.05) is 42.5 Å². The van der Waals surface area contributed by atoms with Gasteiger partial charge in [0.25, 0.3) is 5.91 Å². The van der Waals surface area contributed by atoms with Crippen molar-refractivity contribution >= 4 is 22.4 Å². The summed E-state index contributed by atoms with van der Waals surface area (Å²) in [5, 5.41) is 5.40. The first-order valence-corrected chi connectivity index (χ1v) is 8.99. The van der Waals surface area contributed by atoms with Gasteiger partial charge in [-0.15, -0.1) is 0 Å². The Morgan fingerprint density at radius 3 is 2.46 bits per heavy atom. The van der Waals surface area contributed by atoms with E-state index in [0.717, 1.165) is 37.6 Å². The van der Waals surface area contributed by atoms with Crippen LogP contribution in [-0.4, -0.2) is 32.2 Å². The number of morpholine rings is 1. The van der Waals surface area contributed by atoms with Crippen molar-refractivity contribution in [3.8, 4) is 0 Å². The van der Waals surface area contributed by atoms with Crippen LogP contribution < -0.4 is 10.2 Å². The fourth-order valence-corrected chi connectivity index (χ4v) is 3.37. The standard InChI is InChI=1S/C22H22N2O2/c25-22(18-8-10-20(11-9-18)24-12-14-26-15-13-24)23-16-19-6-3-5-17-4-1-2-7-21(17)19/h1-11H,12-16H2,(H,23,25). The van der Waals surface area contributed by atoms with Gasteiger partial charge in [0.05, 0.1) is 13.2 Å². The molecule has 0 atom stereocenters. The zero-order chi connectivity index (χ0) is 17.8. The van der Waals surface area contributed by atoms with Crippen LogP contribution in [0.15, 0.2) is 66.7 Å². The van der Waals surface area contributed by atoms with Gasteiger partial charge in [-0.1, -0.05) is 42.5 Å². The molecule has 1 heterocycles. The number of hydrogen-bond donors (Lipinski definition) is 1. The minimum Gasteiger partial charge on any atom is -0.378 e. The van der Waals surface area contributed by atoms with E-state index in [-0.39, 0.29) is 5.91 Å². The monoisotopic (exact) mass is 346 g/mol. The van der Waals surface area contributed by atoms with Gasteiger partial charge in [0, 0.05) is 30.9 Å². The molecule has 4 heteroatoms. The maximum atomic E-state index is 12.5. The zero-order valence-electron chi connectivity index (χ0n) is 14.7. The molecule has 1 saturated heterocycles. The van der Waals surface area contributed by atoms with Gasteiger partial charge in [-0.25, -0.2) is 0 Å². The lowest BCUT2D eigenvalue weighted by Gasteiger charge is -2.28. The maximum absolute atomic E-state index is 12.5. The van der Waals surface area contributed by atoms with Crippen molar-refractivity contribution < 1.29 is 9.53 Å². The van der Waals surface area contributed by atoms with Crippen LogP contribution in [0, 0.1) is 0 Å². The van der Waals surface area contributed by atoms with Crippen LogP contribution in [0.2, 0.25) is 0 Å². The fraction of sp³-hybridized carbons (Fsp3) is 0.227. The molecule has 1 amide bonds. The molecular formula is C22H22N2O2. The average molecular weight is 346 g/mol. The number of rotatable bonds is 4. The first-order valence-electron chi connectivity index (χ1n) is 8.99. The number of anilines is 1. The Kier molecular flexibility index (Phi) is 4.84. The Labute approximate surface area is 153 Å². The highest BCUT2D eigenvalue weighted by molar-refractivity contribution is 5.95. The van der Waals surface area contributed by atoms with E-state index in [4.69, 9.17) is 4.74 Å². The molecule has 1 aliphatic rings. The molecular weight excluding hydrogens is 324 g/mol. The van der Waals surface area contributed by atoms with E-state index in [0.29, 0.717) is 12.1 Å². The van der Waals surface area contributed by atoms with E-state index >= 15 is 0 Å². The molecule has 1 aliphatic heterocycles. The van der Waals surface area contributed by atoms with Crippen molar-refractivity contribution in [3.05, 3.63) is 77.9 Å². The first-order chi connectivity index (χ1) is 12.8. The summed E-state index contributed by atoms with van der Waals surface area (Å²) in [5.74, 6) is -0.0496. The molecule has 0 spiro atoms. The molecule has 0 unspecified atom stereocenters. The first kappa shape index (κ1) is 16.6. The van der Waals surface area contributed by atoms with Crippen molar-refractivity contribution in [2.45, 2.75) is 6.54 Å². The van der Waals surface area contributed by atoms with Crippen LogP contribution in [0.25, 0.3) is 10.8 Å². The lowest BCUT2D eigenvalue weighted by molar-refractivity contribution is 0.0951. The van der Waals surface area contributed by atoms with Crippen LogP contribution in [0.1, 0.15) is 15.9 Å². The van der Waals surface area contributed by atoms with Crippen LogP contribution in [0.4, 0.5) is 5.69 Å². The van der Waals surface area contributed by atoms with E-state index in [1.165, 1.54) is 10.8 Å². The number of hydrogen-bond acceptors (Lipinski definition) is 3. The smallest absolute Gasteiger partial charge is 0.251 e. The summed E-state index contributed by atoms with van der Waals surface area (Å²) in [4.78, 5) is 14.8. The number of carbonyl (C=O) groups excluding carboxylic acids is 1. The third-order valence-electron chi connectivity index (χ3n) is 4.83. The van der Waals surface area contributed by atoms with E-state index in [9.17, 15) is 4.79 Å². The fourth-order valence-electron chi connectivity index (χ4n) is 3.37. The highest BCUT2D eigenvalue weighted by Crippen LogP contribution is 2.19. The predicted molar refractivity (Wildman–Crippen MR) is 105 cm³/mol. The largest absolute Gasteiger partial charge is 0.378 e. The van der Waals surface area contributed by atoms with Crippen LogP contribution >= 0.6 is 0 Å². The van der Waals surface area contributed by atoms with Crippen molar-refractivity contribution in [1.82, 2.24) is 5.32 Å². The summed E-state index contributed by atoms with van der Waals surface area (Å²) < 4.78 is 5.38. The minimum absolute atomic E-state index is 0.0496. The van der Waals surface area contributed by atoms with Crippen LogP contribution in [0.3, 0.4) is 0 Å². The van der Waals surface area contributed by atoms with E-state index in [1.54, 1.807) is 0 Å². The molecule has 132 valence electrons. The van der Waals surface area contributed by atoms with Crippen molar-refractivity contribution in [3.63, 3.8) is 0 Å². The van der Waals surface area contributed by atoms with Gasteiger partial charge in [0.15, 0.2) is 0 Å². The van der Waals surface area contributed by atoms with Crippen LogP contribution in [0.5, 0.6) is 0 Å². The molecule has 0 aromatic heterocycles. The number of carbonyl (C=O) groups is 1. The van der Waals surface area contributed by atoms with Gasteiger partial charge in [0.1, 0.15) is 0 Å². The molecule has 0 bridgehead atoms. The molecule has 4 rings (SSSR count). The Morgan fingerprint density at radius 2 is 1.65 bits per heavy atom. The zero-order valence-corrected chi connectivity index (χ0v) is 14.7. The molecule has 1 N–H and O–H groups in total. The average Bonchev–Trinajstić information content (AvgIpc) is 2.73. The van der Waals surface area contributed by atoms with Gasteiger partial charge in [-0.2, -0.15) is 0 Å². The van der Waals surface area contributed by atoms with E-state index in [2.05, 4.69) is 34.5 Å². The Bertz CT molecular complexity index is 894. The Balaban J connectivity index is 1.43. The SMILES string of the molecule is O=C(NCc1cccc2ccccc12)c1ccc(N2CCOCC2)cc1. The number of fused-ring (bicyclic) bond motifs is 1. The van der Waals surface area contributed by atoms with Crippen molar-refractivity contribution in [2.24, 2.45) is 0 Å². The van der Waals surface area contributed by atoms with Gasteiger partial charge in [0.2, 0.25) is 0 Å². The predicted octanol–water partition coefficient (Wildman–Crippen LogP) is 3.61. The van der Waals surface area contributed by atoms with Gasteiger partial charge in [-0.05, 0) is 40.6 Å². The van der Waals surface area contributed by atoms with Crippen molar-refractivity contribution in [2.75, 3.05) is 31.2 Å². The summed E-state index contributed by atoms with van der Waals surface area (Å²) in [5.41, 5.74) is 2.95. The topological polar surface area (TPSA) is 41.6 Å². The minimum atomic E-state index is -0.0496. The molecule has 4 nitrogen and oxygen atoms in total. The molecule has 0 radical (unpaired) electrons. The number of ether oxygens (including phenoxy) is 1. The second kappa shape index (κ2) is 7.58. The van der Waals surface area contributed by atoms with Crippen molar-refractivity contribution in [1.29, 1.82) is 0 Å². The summed E-state index contributed by atoms with van der Waals surface area (Å²) in [6, 6.07) is 22.2. The molecule has 1 fully saturated rings. The summed E-state index contributed by atoms with van der Waals surface area (Å²) in [7, 11) is 0. The highest BCUT2D eigenvalue weighted by atomic mass is 16.5. The number of nitrogens with one attached hydrogen (secondary N) is 1. The second-order valence-electron chi connectivity index (χ2n) is 6.47. The highest BCUT2D eigenvalue weighted by Gasteiger charge is 2.12. The number of benzene rings is 3. The lowest BCUT2D eigenvalue weighted by Crippen LogP contribution is -2.36. The lowest BCUT2D eigenvalue weighted by atomic mass is 10.0. The molecule has 0 aliphatic carbocycles. The van der Waals surface area contributed by atoms with Gasteiger partial charge in [-0.3, -0.25) is 4.79 Å². The summed E-state index contributed by atoms with van der Waals surface area (Å²) in [6.07, 6.45) is 0.